The number of pyridine rings is 9. The van der Waals surface area contributed by atoms with Gasteiger partial charge in [-0.1, -0.05) is 94.0 Å². The molecule has 29 heteroatoms. The number of aromatic carboxylic acids is 1. The molecule has 0 atom stereocenters. The van der Waals surface area contributed by atoms with E-state index < -0.39 is 65.2 Å². The van der Waals surface area contributed by atoms with Gasteiger partial charge in [-0.25, -0.2) is 44.9 Å². The Morgan fingerprint density at radius 1 is 0.455 bits per heavy atom. The van der Waals surface area contributed by atoms with E-state index in [-0.39, 0.29) is 134 Å². The van der Waals surface area contributed by atoms with Crippen molar-refractivity contribution in [3.63, 3.8) is 0 Å². The maximum atomic E-state index is 13.4. The predicted molar refractivity (Wildman–Crippen MR) is 282 cm³/mol. The molecular formula is C59H39F10Ir5N12O2-5. The second kappa shape index (κ2) is 39.5. The number of carboxylic acids is 1. The van der Waals surface area contributed by atoms with E-state index in [1.165, 1.54) is 29.3 Å². The van der Waals surface area contributed by atoms with Crippen LogP contribution in [0.15, 0.2) is 159 Å². The topological polar surface area (TPSA) is 174 Å². The molecule has 14 nitrogen and oxygen atoms in total. The summed E-state index contributed by atoms with van der Waals surface area (Å²) in [6, 6.07) is 40.0. The number of carboxylic acid groups (broad SMARTS) is 1. The minimum atomic E-state index is -0.990. The molecule has 0 bridgehead atoms. The Kier molecular flexibility index (Phi) is 35.3. The van der Waals surface area contributed by atoms with Crippen LogP contribution in [-0.4, -0.2) is 79.8 Å². The third-order valence-corrected chi connectivity index (χ3v) is 10.2. The second-order valence-corrected chi connectivity index (χ2v) is 16.5. The van der Waals surface area contributed by atoms with Crippen LogP contribution < -0.4 is 4.90 Å². The Balaban J connectivity index is 0.000000526. The van der Waals surface area contributed by atoms with Crippen molar-refractivity contribution in [1.82, 2.24) is 54.6 Å². The zero-order valence-corrected chi connectivity index (χ0v) is 57.2. The van der Waals surface area contributed by atoms with Crippen LogP contribution in [-0.2, 0) is 101 Å². The summed E-state index contributed by atoms with van der Waals surface area (Å²) in [5.74, 6) is -9.46. The summed E-state index contributed by atoms with van der Waals surface area (Å²) in [5, 5.41) is 12.1. The number of nitrogens with zero attached hydrogens (tertiary/aromatic N) is 12. The summed E-state index contributed by atoms with van der Waals surface area (Å²) in [6.07, 6.45) is 10.7. The SMILES string of the molecule is CN(C)c1ccnc(-c2[c-]cc(F)nc2F)c1.Cc1ccnc(-c2[c-]cc(F)nc2F)c1.Cc1ccnc(-c2[c-]cc(F)nc2F)c1.Fc1c[c-]c(-c2ccccn2)c(F)n1.Fc1c[c-]c(-n2cccn2)c(F)c1.O=C(O)c1ccccn1.[Ir].[Ir].[Ir].[Ir].[Ir]. The van der Waals surface area contributed by atoms with Gasteiger partial charge in [-0.3, -0.25) is 33.4 Å². The number of hydrogen-bond acceptors (Lipinski definition) is 12. The van der Waals surface area contributed by atoms with Gasteiger partial charge in [0.25, 0.3) is 0 Å². The molecule has 0 aliphatic heterocycles. The van der Waals surface area contributed by atoms with Crippen molar-refractivity contribution in [2.45, 2.75) is 13.8 Å². The van der Waals surface area contributed by atoms with Crippen LogP contribution in [0.1, 0.15) is 21.6 Å². The van der Waals surface area contributed by atoms with E-state index in [0.717, 1.165) is 53.2 Å². The third-order valence-electron chi connectivity index (χ3n) is 10.2. The van der Waals surface area contributed by atoms with Crippen molar-refractivity contribution in [2.75, 3.05) is 19.0 Å². The first kappa shape index (κ1) is 78.6. The molecule has 467 valence electrons. The number of aryl methyl sites for hydroxylation is 2. The number of anilines is 1. The Hall–Kier alpha value is -7.40. The molecule has 11 rings (SSSR count). The van der Waals surface area contributed by atoms with Crippen LogP contribution in [0, 0.1) is 103 Å². The van der Waals surface area contributed by atoms with Gasteiger partial charge >= 0.3 is 5.97 Å². The zero-order valence-electron chi connectivity index (χ0n) is 45.2. The standard InChI is InChI=1S/C12H10F2N3.2C11H7F2N2.C10H5F2N2.C9H5F2N2.C6H5NO2.5Ir/c1-17(2)8-5-6-15-10(7-8)9-3-4-11(13)16-12(9)14;2*1-7-4-5-14-9(6-7)8-2-3-10(12)15-11(8)13;11-9-5-4-7(10(12)14-9)8-3-1-2-6-13-8;10-7-2-3-9(8(11)6-7)13-5-1-4-12-13;8-6(9)5-3-1-2-4-7-5;;;;;/h4-7H,1-2H3;2*3-6H,1H3;1-3,5-6H;1-2,4-6H;1-4H,(H,8,9);;;;;/q5*-1;;;;;;. The number of rotatable bonds is 7. The average molecular weight is 2100 g/mol. The fourth-order valence-electron chi connectivity index (χ4n) is 6.41. The van der Waals surface area contributed by atoms with Crippen LogP contribution in [0.2, 0.25) is 0 Å². The Labute approximate surface area is 564 Å². The normalized spacial score (nSPS) is 9.57. The van der Waals surface area contributed by atoms with E-state index in [1.807, 2.05) is 32.8 Å². The van der Waals surface area contributed by atoms with Crippen molar-refractivity contribution in [3.8, 4) is 50.7 Å². The Bertz CT molecular complexity index is 3830. The first-order valence-corrected chi connectivity index (χ1v) is 23.6. The van der Waals surface area contributed by atoms with Crippen molar-refractivity contribution >= 4 is 11.7 Å². The molecule has 0 spiro atoms. The summed E-state index contributed by atoms with van der Waals surface area (Å²) < 4.78 is 130. The van der Waals surface area contributed by atoms with E-state index in [2.05, 4.69) is 80.3 Å². The van der Waals surface area contributed by atoms with Gasteiger partial charge in [0.1, 0.15) is 53.3 Å². The maximum absolute atomic E-state index is 13.4. The van der Waals surface area contributed by atoms with E-state index in [0.29, 0.717) is 22.8 Å². The minimum absolute atomic E-state index is 0. The summed E-state index contributed by atoms with van der Waals surface area (Å²) in [6.45, 7) is 3.72. The van der Waals surface area contributed by atoms with Crippen molar-refractivity contribution in [3.05, 3.63) is 265 Å². The molecule has 0 fully saturated rings. The fourth-order valence-corrected chi connectivity index (χ4v) is 6.41. The van der Waals surface area contributed by atoms with Gasteiger partial charge < -0.3 is 29.9 Å². The van der Waals surface area contributed by atoms with E-state index >= 15 is 0 Å². The monoisotopic (exact) mass is 2100 g/mol. The number of benzene rings is 1. The maximum Gasteiger partial charge on any atom is 0.354 e. The van der Waals surface area contributed by atoms with Gasteiger partial charge in [0, 0.05) is 175 Å². The molecule has 0 aliphatic carbocycles. The van der Waals surface area contributed by atoms with Gasteiger partial charge in [-0.05, 0) is 84.8 Å². The molecule has 0 unspecified atom stereocenters. The molecule has 10 aromatic heterocycles. The molecule has 0 saturated heterocycles. The summed E-state index contributed by atoms with van der Waals surface area (Å²) >= 11 is 0. The zero-order chi connectivity index (χ0) is 60.0. The third kappa shape index (κ3) is 24.6. The van der Waals surface area contributed by atoms with Gasteiger partial charge in [0.05, 0.1) is 0 Å². The molecule has 1 aromatic carbocycles. The molecule has 1 N–H and O–H groups in total. The quantitative estimate of drug-likeness (QED) is 0.0908. The first-order chi connectivity index (χ1) is 39.8. The van der Waals surface area contributed by atoms with Crippen molar-refractivity contribution in [2.24, 2.45) is 0 Å². The van der Waals surface area contributed by atoms with Gasteiger partial charge in [-0.15, -0.1) is 36.4 Å². The van der Waals surface area contributed by atoms with Crippen LogP contribution in [0.3, 0.4) is 0 Å². The van der Waals surface area contributed by atoms with E-state index in [1.54, 1.807) is 97.6 Å². The molecule has 88 heavy (non-hydrogen) atoms. The second-order valence-electron chi connectivity index (χ2n) is 16.5. The summed E-state index contributed by atoms with van der Waals surface area (Å²) in [5.41, 5.74) is 4.83. The molecule has 11 aromatic rings. The van der Waals surface area contributed by atoms with Crippen LogP contribution in [0.25, 0.3) is 50.7 Å². The Morgan fingerprint density at radius 3 is 1.20 bits per heavy atom. The smallest absolute Gasteiger partial charge is 0.354 e. The molecule has 10 heterocycles. The van der Waals surface area contributed by atoms with Gasteiger partial charge in [0.2, 0.25) is 0 Å². The van der Waals surface area contributed by atoms with E-state index in [9.17, 15) is 48.7 Å². The number of carbonyl (C=O) groups is 1. The molecule has 0 aliphatic rings. The minimum Gasteiger partial charge on any atom is -0.477 e. The van der Waals surface area contributed by atoms with Crippen LogP contribution in [0.4, 0.5) is 49.6 Å². The van der Waals surface area contributed by atoms with Gasteiger partial charge in [-0.2, -0.15) is 11.2 Å². The summed E-state index contributed by atoms with van der Waals surface area (Å²) in [7, 11) is 3.73. The van der Waals surface area contributed by atoms with Crippen LogP contribution >= 0.6 is 0 Å². The van der Waals surface area contributed by atoms with Gasteiger partial charge in [0.15, 0.2) is 0 Å². The average Bonchev–Trinajstić information content (AvgIpc) is 1.84. The fraction of sp³-hybridized carbons (Fsp3) is 0.0678. The molecule has 5 radical (unpaired) electrons. The molecule has 0 amide bonds. The van der Waals surface area contributed by atoms with Crippen LogP contribution in [0.5, 0.6) is 0 Å². The summed E-state index contributed by atoms with van der Waals surface area (Å²) in [4.78, 5) is 43.7. The largest absolute Gasteiger partial charge is 0.477 e. The molecule has 0 saturated carbocycles. The Morgan fingerprint density at radius 2 is 0.864 bits per heavy atom. The van der Waals surface area contributed by atoms with Crippen molar-refractivity contribution in [1.29, 1.82) is 0 Å². The number of hydrogen-bond donors (Lipinski definition) is 1. The predicted octanol–water partition coefficient (Wildman–Crippen LogP) is 12.3. The first-order valence-electron chi connectivity index (χ1n) is 23.6. The molecular weight excluding hydrogens is 2060 g/mol. The number of aromatic nitrogens is 11. The van der Waals surface area contributed by atoms with Crippen molar-refractivity contribution < 1.29 is 154 Å². The number of halogens is 10. The van der Waals surface area contributed by atoms with E-state index in [4.69, 9.17) is 5.11 Å².